The van der Waals surface area contributed by atoms with E-state index in [1.54, 1.807) is 37.0 Å². The summed E-state index contributed by atoms with van der Waals surface area (Å²) in [5.74, 6) is -0.307. The van der Waals surface area contributed by atoms with Crippen molar-refractivity contribution >= 4 is 29.5 Å². The van der Waals surface area contributed by atoms with Gasteiger partial charge in [0, 0.05) is 24.2 Å². The SMILES string of the molecule is CC1(C)C(=O)NCCN1C(=O)C=Cc1cccc(Cl)c1. The van der Waals surface area contributed by atoms with Gasteiger partial charge < -0.3 is 10.2 Å². The van der Waals surface area contributed by atoms with Crippen molar-refractivity contribution in [3.63, 3.8) is 0 Å². The second kappa shape index (κ2) is 5.67. The van der Waals surface area contributed by atoms with E-state index < -0.39 is 5.54 Å². The van der Waals surface area contributed by atoms with E-state index in [0.29, 0.717) is 18.1 Å². The van der Waals surface area contributed by atoms with Crippen LogP contribution in [0.2, 0.25) is 5.02 Å². The van der Waals surface area contributed by atoms with Crippen molar-refractivity contribution in [1.82, 2.24) is 10.2 Å². The summed E-state index contributed by atoms with van der Waals surface area (Å²) >= 11 is 5.89. The van der Waals surface area contributed by atoms with Crippen LogP contribution < -0.4 is 5.32 Å². The number of hydrogen-bond donors (Lipinski definition) is 1. The molecule has 1 aromatic rings. The minimum Gasteiger partial charge on any atom is -0.352 e. The molecule has 106 valence electrons. The molecule has 1 aliphatic rings. The number of amides is 2. The fourth-order valence-corrected chi connectivity index (χ4v) is 2.35. The minimum atomic E-state index is -0.825. The zero-order valence-corrected chi connectivity index (χ0v) is 12.3. The van der Waals surface area contributed by atoms with Gasteiger partial charge in [-0.25, -0.2) is 0 Å². The van der Waals surface area contributed by atoms with E-state index in [2.05, 4.69) is 5.32 Å². The maximum absolute atomic E-state index is 12.2. The van der Waals surface area contributed by atoms with E-state index in [0.717, 1.165) is 5.56 Å². The number of hydrogen-bond acceptors (Lipinski definition) is 2. The summed E-state index contributed by atoms with van der Waals surface area (Å²) in [4.78, 5) is 25.6. The molecule has 1 N–H and O–H groups in total. The van der Waals surface area contributed by atoms with Crippen LogP contribution in [0.1, 0.15) is 19.4 Å². The summed E-state index contributed by atoms with van der Waals surface area (Å²) in [7, 11) is 0. The van der Waals surface area contributed by atoms with Crippen LogP contribution in [0.5, 0.6) is 0 Å². The van der Waals surface area contributed by atoms with E-state index in [9.17, 15) is 9.59 Å². The second-order valence-electron chi connectivity index (χ2n) is 5.19. The molecule has 2 rings (SSSR count). The first-order valence-electron chi connectivity index (χ1n) is 6.45. The van der Waals surface area contributed by atoms with Crippen molar-refractivity contribution in [1.29, 1.82) is 0 Å². The molecular weight excluding hydrogens is 276 g/mol. The Balaban J connectivity index is 2.13. The van der Waals surface area contributed by atoms with E-state index in [4.69, 9.17) is 11.6 Å². The normalized spacial score (nSPS) is 18.1. The van der Waals surface area contributed by atoms with Crippen LogP contribution in [-0.2, 0) is 9.59 Å². The Morgan fingerprint density at radius 2 is 2.20 bits per heavy atom. The van der Waals surface area contributed by atoms with Crippen molar-refractivity contribution in [3.8, 4) is 0 Å². The highest BCUT2D eigenvalue weighted by Gasteiger charge is 2.39. The Kier molecular flexibility index (Phi) is 4.14. The first-order chi connectivity index (χ1) is 9.41. The summed E-state index contributed by atoms with van der Waals surface area (Å²) in [6, 6.07) is 7.24. The van der Waals surface area contributed by atoms with Crippen molar-refractivity contribution in [3.05, 3.63) is 40.9 Å². The molecule has 0 aromatic heterocycles. The highest BCUT2D eigenvalue weighted by atomic mass is 35.5. The molecule has 20 heavy (non-hydrogen) atoms. The van der Waals surface area contributed by atoms with Crippen LogP contribution in [-0.4, -0.2) is 35.3 Å². The van der Waals surface area contributed by atoms with Crippen molar-refractivity contribution in [2.45, 2.75) is 19.4 Å². The molecule has 1 heterocycles. The van der Waals surface area contributed by atoms with Crippen LogP contribution >= 0.6 is 11.6 Å². The molecular formula is C15H17ClN2O2. The maximum Gasteiger partial charge on any atom is 0.247 e. The van der Waals surface area contributed by atoms with Crippen molar-refractivity contribution in [2.24, 2.45) is 0 Å². The summed E-state index contributed by atoms with van der Waals surface area (Å²) in [6.45, 7) is 4.48. The Morgan fingerprint density at radius 3 is 2.90 bits per heavy atom. The van der Waals surface area contributed by atoms with Gasteiger partial charge >= 0.3 is 0 Å². The molecule has 5 heteroatoms. The minimum absolute atomic E-state index is 0.131. The van der Waals surface area contributed by atoms with Gasteiger partial charge in [0.15, 0.2) is 0 Å². The number of halogens is 1. The summed E-state index contributed by atoms with van der Waals surface area (Å²) in [5.41, 5.74) is 0.0266. The van der Waals surface area contributed by atoms with Gasteiger partial charge in [-0.2, -0.15) is 0 Å². The Hall–Kier alpha value is -1.81. The van der Waals surface area contributed by atoms with E-state index in [1.807, 2.05) is 12.1 Å². The zero-order chi connectivity index (χ0) is 14.8. The summed E-state index contributed by atoms with van der Waals surface area (Å²) < 4.78 is 0. The standard InChI is InChI=1S/C15H17ClN2O2/c1-15(2)14(20)17-8-9-18(15)13(19)7-6-11-4-3-5-12(16)10-11/h3-7,10H,8-9H2,1-2H3,(H,17,20). The average Bonchev–Trinajstić information content (AvgIpc) is 2.39. The molecule has 0 saturated carbocycles. The highest BCUT2D eigenvalue weighted by Crippen LogP contribution is 2.19. The number of nitrogens with zero attached hydrogens (tertiary/aromatic N) is 1. The molecule has 2 amide bonds. The molecule has 0 atom stereocenters. The third-order valence-corrected chi connectivity index (χ3v) is 3.62. The number of carbonyl (C=O) groups is 2. The molecule has 1 aliphatic heterocycles. The quantitative estimate of drug-likeness (QED) is 0.849. The van der Waals surface area contributed by atoms with Gasteiger partial charge in [-0.3, -0.25) is 9.59 Å². The van der Waals surface area contributed by atoms with Gasteiger partial charge in [0.05, 0.1) is 0 Å². The van der Waals surface area contributed by atoms with Gasteiger partial charge in [0.1, 0.15) is 5.54 Å². The van der Waals surface area contributed by atoms with Gasteiger partial charge in [0.2, 0.25) is 11.8 Å². The maximum atomic E-state index is 12.2. The van der Waals surface area contributed by atoms with Crippen LogP contribution in [0.25, 0.3) is 6.08 Å². The Labute approximate surface area is 123 Å². The molecule has 0 bridgehead atoms. The zero-order valence-electron chi connectivity index (χ0n) is 11.5. The monoisotopic (exact) mass is 292 g/mol. The van der Waals surface area contributed by atoms with Crippen LogP contribution in [0.15, 0.2) is 30.3 Å². The number of nitrogens with one attached hydrogen (secondary N) is 1. The largest absolute Gasteiger partial charge is 0.352 e. The molecule has 4 nitrogen and oxygen atoms in total. The fraction of sp³-hybridized carbons (Fsp3) is 0.333. The Morgan fingerprint density at radius 1 is 1.45 bits per heavy atom. The van der Waals surface area contributed by atoms with E-state index >= 15 is 0 Å². The molecule has 0 radical (unpaired) electrons. The first kappa shape index (κ1) is 14.6. The lowest BCUT2D eigenvalue weighted by atomic mass is 9.98. The molecule has 0 unspecified atom stereocenters. The number of piperazine rings is 1. The lowest BCUT2D eigenvalue weighted by Crippen LogP contribution is -2.63. The predicted molar refractivity (Wildman–Crippen MR) is 79.3 cm³/mol. The lowest BCUT2D eigenvalue weighted by Gasteiger charge is -2.40. The average molecular weight is 293 g/mol. The molecule has 1 fully saturated rings. The fourth-order valence-electron chi connectivity index (χ4n) is 2.15. The van der Waals surface area contributed by atoms with Crippen molar-refractivity contribution < 1.29 is 9.59 Å². The highest BCUT2D eigenvalue weighted by molar-refractivity contribution is 6.30. The van der Waals surface area contributed by atoms with Gasteiger partial charge in [-0.15, -0.1) is 0 Å². The predicted octanol–water partition coefficient (Wildman–Crippen LogP) is 2.09. The van der Waals surface area contributed by atoms with Gasteiger partial charge in [-0.05, 0) is 37.6 Å². The van der Waals surface area contributed by atoms with Crippen LogP contribution in [0.3, 0.4) is 0 Å². The smallest absolute Gasteiger partial charge is 0.247 e. The Bertz CT molecular complexity index is 567. The first-order valence-corrected chi connectivity index (χ1v) is 6.82. The van der Waals surface area contributed by atoms with Gasteiger partial charge in [0.25, 0.3) is 0 Å². The third-order valence-electron chi connectivity index (χ3n) is 3.38. The van der Waals surface area contributed by atoms with Crippen LogP contribution in [0, 0.1) is 0 Å². The molecule has 1 aromatic carbocycles. The van der Waals surface area contributed by atoms with Gasteiger partial charge in [-0.1, -0.05) is 23.7 Å². The van der Waals surface area contributed by atoms with Crippen LogP contribution in [0.4, 0.5) is 0 Å². The summed E-state index contributed by atoms with van der Waals surface area (Å²) in [6.07, 6.45) is 3.18. The molecule has 1 saturated heterocycles. The topological polar surface area (TPSA) is 49.4 Å². The third kappa shape index (κ3) is 3.02. The molecule has 0 spiro atoms. The van der Waals surface area contributed by atoms with E-state index in [1.165, 1.54) is 6.08 Å². The summed E-state index contributed by atoms with van der Waals surface area (Å²) in [5, 5.41) is 3.39. The lowest BCUT2D eigenvalue weighted by molar-refractivity contribution is -0.146. The van der Waals surface area contributed by atoms with E-state index in [-0.39, 0.29) is 11.8 Å². The second-order valence-corrected chi connectivity index (χ2v) is 5.63. The number of rotatable bonds is 2. The number of benzene rings is 1. The molecule has 0 aliphatic carbocycles. The number of carbonyl (C=O) groups excluding carboxylic acids is 2. The van der Waals surface area contributed by atoms with Crippen molar-refractivity contribution in [2.75, 3.05) is 13.1 Å².